The minimum absolute atomic E-state index is 0.0565. The highest BCUT2D eigenvalue weighted by Crippen LogP contribution is 2.38. The fraction of sp³-hybridized carbons (Fsp3) is 0.409. The molecule has 2 aromatic rings. The van der Waals surface area contributed by atoms with Crippen LogP contribution >= 0.6 is 11.3 Å². The summed E-state index contributed by atoms with van der Waals surface area (Å²) in [5.41, 5.74) is 1.33. The molecule has 0 aliphatic carbocycles. The van der Waals surface area contributed by atoms with E-state index in [2.05, 4.69) is 5.32 Å². The lowest BCUT2D eigenvalue weighted by Gasteiger charge is -2.25. The second kappa shape index (κ2) is 10.0. The molecule has 0 spiro atoms. The molecule has 1 N–H and O–H groups in total. The van der Waals surface area contributed by atoms with Gasteiger partial charge in [0, 0.05) is 37.0 Å². The third-order valence-electron chi connectivity index (χ3n) is 5.58. The summed E-state index contributed by atoms with van der Waals surface area (Å²) >= 11 is 1.24. The summed E-state index contributed by atoms with van der Waals surface area (Å²) in [4.78, 5) is 39.7. The number of methoxy groups -OCH3 is 1. The Kier molecular flexibility index (Phi) is 7.55. The van der Waals surface area contributed by atoms with Crippen LogP contribution in [0.2, 0.25) is 0 Å². The van der Waals surface area contributed by atoms with Crippen molar-refractivity contribution in [2.24, 2.45) is 0 Å². The molecule has 0 radical (unpaired) electrons. The van der Waals surface area contributed by atoms with Crippen LogP contribution in [-0.2, 0) is 32.5 Å². The Morgan fingerprint density at radius 3 is 2.33 bits per heavy atom. The van der Waals surface area contributed by atoms with E-state index in [-0.39, 0.29) is 16.4 Å². The van der Waals surface area contributed by atoms with Crippen LogP contribution < -0.4 is 5.32 Å². The lowest BCUT2D eigenvalue weighted by Crippen LogP contribution is -2.33. The zero-order valence-electron chi connectivity index (χ0n) is 19.0. The van der Waals surface area contributed by atoms with Crippen molar-refractivity contribution in [3.05, 3.63) is 45.8 Å². The van der Waals surface area contributed by atoms with Crippen LogP contribution in [0, 0.1) is 0 Å². The van der Waals surface area contributed by atoms with Crippen LogP contribution in [-0.4, -0.2) is 62.2 Å². The normalized spacial score (nSPS) is 13.5. The predicted octanol–water partition coefficient (Wildman–Crippen LogP) is 2.72. The second-order valence-electron chi connectivity index (χ2n) is 7.46. The van der Waals surface area contributed by atoms with Crippen molar-refractivity contribution in [3.8, 4) is 0 Å². The van der Waals surface area contributed by atoms with Crippen molar-refractivity contribution in [1.82, 2.24) is 9.21 Å². The van der Waals surface area contributed by atoms with Crippen LogP contribution in [0.3, 0.4) is 0 Å². The van der Waals surface area contributed by atoms with E-state index in [4.69, 9.17) is 4.74 Å². The molecule has 11 heteroatoms. The zero-order chi connectivity index (χ0) is 24.3. The van der Waals surface area contributed by atoms with Crippen molar-refractivity contribution >= 4 is 44.1 Å². The van der Waals surface area contributed by atoms with E-state index < -0.39 is 21.9 Å². The third kappa shape index (κ3) is 4.94. The van der Waals surface area contributed by atoms with Gasteiger partial charge in [0.1, 0.15) is 5.00 Å². The highest BCUT2D eigenvalue weighted by atomic mass is 32.2. The van der Waals surface area contributed by atoms with Crippen molar-refractivity contribution in [2.45, 2.75) is 38.6 Å². The van der Waals surface area contributed by atoms with Gasteiger partial charge in [-0.2, -0.15) is 4.31 Å². The number of fused-ring (bicyclic) bond motifs is 1. The largest absolute Gasteiger partial charge is 0.465 e. The van der Waals surface area contributed by atoms with E-state index in [1.807, 2.05) is 0 Å². The van der Waals surface area contributed by atoms with Crippen LogP contribution in [0.15, 0.2) is 29.2 Å². The number of amides is 2. The first kappa shape index (κ1) is 24.9. The van der Waals surface area contributed by atoms with Gasteiger partial charge >= 0.3 is 5.97 Å². The summed E-state index contributed by atoms with van der Waals surface area (Å²) < 4.78 is 31.6. The topological polar surface area (TPSA) is 113 Å². The number of sulfonamides is 1. The quantitative estimate of drug-likeness (QED) is 0.594. The van der Waals surface area contributed by atoms with Gasteiger partial charge in [-0.05, 0) is 36.2 Å². The molecule has 0 saturated heterocycles. The second-order valence-corrected chi connectivity index (χ2v) is 10.5. The summed E-state index contributed by atoms with van der Waals surface area (Å²) in [6.45, 7) is 6.57. The Labute approximate surface area is 197 Å². The molecular weight excluding hydrogens is 466 g/mol. The maximum absolute atomic E-state index is 12.9. The van der Waals surface area contributed by atoms with Gasteiger partial charge in [-0.15, -0.1) is 11.3 Å². The van der Waals surface area contributed by atoms with E-state index in [9.17, 15) is 22.8 Å². The Morgan fingerprint density at radius 2 is 1.79 bits per heavy atom. The Hall–Kier alpha value is -2.76. The van der Waals surface area contributed by atoms with E-state index in [1.54, 1.807) is 18.7 Å². The van der Waals surface area contributed by atoms with E-state index in [1.165, 1.54) is 53.9 Å². The molecule has 0 atom stereocenters. The molecule has 2 heterocycles. The molecule has 0 unspecified atom stereocenters. The SMILES string of the molecule is CCN(CC)S(=O)(=O)c1ccc(C(=O)Nc2sc3c(c2C(=O)OC)CCN(C(C)=O)C3)cc1. The third-order valence-corrected chi connectivity index (χ3v) is 8.77. The number of anilines is 1. The minimum atomic E-state index is -3.63. The summed E-state index contributed by atoms with van der Waals surface area (Å²) in [6.07, 6.45) is 0.490. The van der Waals surface area contributed by atoms with Gasteiger partial charge in [-0.1, -0.05) is 13.8 Å². The monoisotopic (exact) mass is 493 g/mol. The molecular formula is C22H27N3O6S2. The molecule has 1 aromatic heterocycles. The maximum atomic E-state index is 12.9. The van der Waals surface area contributed by atoms with Crippen LogP contribution in [0.1, 0.15) is 51.9 Å². The number of ether oxygens (including phenoxy) is 1. The zero-order valence-corrected chi connectivity index (χ0v) is 20.6. The predicted molar refractivity (Wildman–Crippen MR) is 125 cm³/mol. The van der Waals surface area contributed by atoms with Crippen LogP contribution in [0.4, 0.5) is 5.00 Å². The van der Waals surface area contributed by atoms with Gasteiger partial charge in [0.15, 0.2) is 0 Å². The summed E-state index contributed by atoms with van der Waals surface area (Å²) in [6, 6.07) is 5.67. The van der Waals surface area contributed by atoms with Gasteiger partial charge in [0.05, 0.1) is 24.1 Å². The molecule has 33 heavy (non-hydrogen) atoms. The Morgan fingerprint density at radius 1 is 1.15 bits per heavy atom. The first-order valence-corrected chi connectivity index (χ1v) is 12.8. The average molecular weight is 494 g/mol. The number of rotatable bonds is 7. The smallest absolute Gasteiger partial charge is 0.341 e. The van der Waals surface area contributed by atoms with Gasteiger partial charge in [0.2, 0.25) is 15.9 Å². The van der Waals surface area contributed by atoms with Crippen molar-refractivity contribution in [3.63, 3.8) is 0 Å². The number of carbonyl (C=O) groups is 3. The number of carbonyl (C=O) groups excluding carboxylic acids is 3. The molecule has 0 saturated carbocycles. The lowest BCUT2D eigenvalue weighted by molar-refractivity contribution is -0.129. The summed E-state index contributed by atoms with van der Waals surface area (Å²) in [7, 11) is -2.35. The number of nitrogens with zero attached hydrogens (tertiary/aromatic N) is 2. The highest BCUT2D eigenvalue weighted by Gasteiger charge is 2.30. The van der Waals surface area contributed by atoms with E-state index >= 15 is 0 Å². The molecule has 1 aliphatic rings. The maximum Gasteiger partial charge on any atom is 0.341 e. The van der Waals surface area contributed by atoms with E-state index in [0.717, 1.165) is 10.4 Å². The van der Waals surface area contributed by atoms with Crippen LogP contribution in [0.25, 0.3) is 0 Å². The van der Waals surface area contributed by atoms with Gasteiger partial charge in [-0.25, -0.2) is 13.2 Å². The van der Waals surface area contributed by atoms with Gasteiger partial charge < -0.3 is 15.0 Å². The lowest BCUT2D eigenvalue weighted by atomic mass is 10.0. The first-order valence-electron chi connectivity index (χ1n) is 10.5. The fourth-order valence-corrected chi connectivity index (χ4v) is 6.45. The van der Waals surface area contributed by atoms with Crippen molar-refractivity contribution in [1.29, 1.82) is 0 Å². The van der Waals surface area contributed by atoms with Gasteiger partial charge in [-0.3, -0.25) is 9.59 Å². The molecule has 2 amide bonds. The number of thiophene rings is 1. The number of esters is 1. The molecule has 1 aromatic carbocycles. The summed E-state index contributed by atoms with van der Waals surface area (Å²) in [5, 5.41) is 3.11. The van der Waals surface area contributed by atoms with E-state index in [0.29, 0.717) is 43.2 Å². The molecule has 9 nitrogen and oxygen atoms in total. The number of hydrogen-bond acceptors (Lipinski definition) is 7. The highest BCUT2D eigenvalue weighted by molar-refractivity contribution is 7.89. The Balaban J connectivity index is 1.87. The Bertz CT molecular complexity index is 1170. The van der Waals surface area contributed by atoms with Crippen molar-refractivity contribution in [2.75, 3.05) is 32.1 Å². The molecule has 178 valence electrons. The number of nitrogens with one attached hydrogen (secondary N) is 1. The number of hydrogen-bond donors (Lipinski definition) is 1. The average Bonchev–Trinajstić information content (AvgIpc) is 3.16. The molecule has 3 rings (SSSR count). The first-order chi connectivity index (χ1) is 15.6. The fourth-order valence-electron chi connectivity index (χ4n) is 3.74. The molecule has 1 aliphatic heterocycles. The number of benzene rings is 1. The van der Waals surface area contributed by atoms with Crippen LogP contribution in [0.5, 0.6) is 0 Å². The molecule has 0 bridgehead atoms. The standard InChI is InChI=1S/C22H27N3O6S2/c1-5-25(6-2)33(29,30)16-9-7-15(8-10-16)20(27)23-21-19(22(28)31-4)17-11-12-24(14(3)26)13-18(17)32-21/h7-10H,5-6,11-13H2,1-4H3,(H,23,27). The summed E-state index contributed by atoms with van der Waals surface area (Å²) in [5.74, 6) is -1.09. The van der Waals surface area contributed by atoms with Gasteiger partial charge in [0.25, 0.3) is 5.91 Å². The molecule has 0 fully saturated rings. The minimum Gasteiger partial charge on any atom is -0.465 e. The van der Waals surface area contributed by atoms with Crippen molar-refractivity contribution < 1.29 is 27.5 Å².